The molecule has 76 valence electrons. The van der Waals surface area contributed by atoms with Crippen molar-refractivity contribution in [2.75, 3.05) is 6.61 Å². The van der Waals surface area contributed by atoms with Crippen molar-refractivity contribution in [1.82, 2.24) is 0 Å². The summed E-state index contributed by atoms with van der Waals surface area (Å²) in [4.78, 5) is 10.7. The number of rotatable bonds is 3. The fraction of sp³-hybridized carbons (Fsp3) is 0.222. The summed E-state index contributed by atoms with van der Waals surface area (Å²) in [6.07, 6.45) is 0. The maximum Gasteiger partial charge on any atom is 0.339 e. The number of benzene rings is 1. The molecule has 1 N–H and O–H groups in total. The first-order chi connectivity index (χ1) is 6.57. The van der Waals surface area contributed by atoms with Gasteiger partial charge in [0.1, 0.15) is 17.1 Å². The van der Waals surface area contributed by atoms with Gasteiger partial charge in [0, 0.05) is 0 Å². The van der Waals surface area contributed by atoms with Gasteiger partial charge in [-0.2, -0.15) is 0 Å². The normalized spacial score (nSPS) is 9.93. The van der Waals surface area contributed by atoms with E-state index in [4.69, 9.17) is 9.84 Å². The summed E-state index contributed by atoms with van der Waals surface area (Å²) in [5.41, 5.74) is -0.407. The predicted octanol–water partition coefficient (Wildman–Crippen LogP) is 2.69. The summed E-state index contributed by atoms with van der Waals surface area (Å²) in [5.74, 6) is -1.78. The summed E-state index contributed by atoms with van der Waals surface area (Å²) >= 11 is 2.99. The first-order valence-electron chi connectivity index (χ1n) is 3.92. The zero-order valence-corrected chi connectivity index (χ0v) is 8.97. The molecule has 0 aromatic heterocycles. The Hall–Kier alpha value is -1.10. The molecule has 0 unspecified atom stereocenters. The van der Waals surface area contributed by atoms with Crippen LogP contribution in [0.3, 0.4) is 0 Å². The van der Waals surface area contributed by atoms with Crippen molar-refractivity contribution in [2.45, 2.75) is 6.92 Å². The third kappa shape index (κ3) is 2.04. The molecule has 3 nitrogen and oxygen atoms in total. The monoisotopic (exact) mass is 262 g/mol. The van der Waals surface area contributed by atoms with Crippen LogP contribution in [0.15, 0.2) is 16.6 Å². The van der Waals surface area contributed by atoms with Gasteiger partial charge in [0.05, 0.1) is 11.1 Å². The highest BCUT2D eigenvalue weighted by Crippen LogP contribution is 2.30. The maximum absolute atomic E-state index is 13.1. The third-order valence-electron chi connectivity index (χ3n) is 1.57. The van der Waals surface area contributed by atoms with E-state index in [2.05, 4.69) is 15.9 Å². The molecule has 5 heteroatoms. The van der Waals surface area contributed by atoms with Crippen LogP contribution in [0.4, 0.5) is 4.39 Å². The molecule has 0 spiro atoms. The fourth-order valence-corrected chi connectivity index (χ4v) is 1.60. The number of hydrogen-bond donors (Lipinski definition) is 1. The van der Waals surface area contributed by atoms with Gasteiger partial charge in [-0.25, -0.2) is 9.18 Å². The molecule has 0 saturated heterocycles. The average molecular weight is 263 g/mol. The van der Waals surface area contributed by atoms with Gasteiger partial charge in [-0.15, -0.1) is 0 Å². The summed E-state index contributed by atoms with van der Waals surface area (Å²) in [7, 11) is 0. The average Bonchev–Trinajstić information content (AvgIpc) is 2.10. The second kappa shape index (κ2) is 4.41. The van der Waals surface area contributed by atoms with Crippen molar-refractivity contribution in [2.24, 2.45) is 0 Å². The van der Waals surface area contributed by atoms with Crippen LogP contribution in [0.2, 0.25) is 0 Å². The standard InChI is InChI=1S/C9H8BrFO3/c1-2-14-6-4-3-5(11)7(8(6)10)9(12)13/h3-4H,2H2,1H3,(H,12,13). The molecule has 0 heterocycles. The number of halogens is 2. The smallest absolute Gasteiger partial charge is 0.339 e. The van der Waals surface area contributed by atoms with Gasteiger partial charge in [0.2, 0.25) is 0 Å². The lowest BCUT2D eigenvalue weighted by atomic mass is 10.2. The summed E-state index contributed by atoms with van der Waals surface area (Å²) in [5, 5.41) is 8.71. The van der Waals surface area contributed by atoms with Crippen molar-refractivity contribution < 1.29 is 19.0 Å². The van der Waals surface area contributed by atoms with Gasteiger partial charge in [0.25, 0.3) is 0 Å². The number of hydrogen-bond acceptors (Lipinski definition) is 2. The van der Waals surface area contributed by atoms with Crippen molar-refractivity contribution in [3.05, 3.63) is 28.0 Å². The molecule has 0 saturated carbocycles. The van der Waals surface area contributed by atoms with Gasteiger partial charge in [-0.3, -0.25) is 0 Å². The first kappa shape index (κ1) is 11.0. The number of carboxylic acid groups (broad SMARTS) is 1. The molecule has 0 bridgehead atoms. The number of carboxylic acids is 1. The zero-order valence-electron chi connectivity index (χ0n) is 7.38. The van der Waals surface area contributed by atoms with Crippen molar-refractivity contribution in [3.8, 4) is 5.75 Å². The van der Waals surface area contributed by atoms with Crippen molar-refractivity contribution >= 4 is 21.9 Å². The predicted molar refractivity (Wildman–Crippen MR) is 52.2 cm³/mol. The quantitative estimate of drug-likeness (QED) is 0.911. The molecule has 0 aliphatic rings. The van der Waals surface area contributed by atoms with E-state index < -0.39 is 17.3 Å². The minimum absolute atomic E-state index is 0.131. The van der Waals surface area contributed by atoms with E-state index in [0.29, 0.717) is 12.4 Å². The largest absolute Gasteiger partial charge is 0.493 e. The van der Waals surface area contributed by atoms with Crippen LogP contribution < -0.4 is 4.74 Å². The summed E-state index contributed by atoms with van der Waals surface area (Å²) in [6.45, 7) is 2.15. The number of aromatic carboxylic acids is 1. The first-order valence-corrected chi connectivity index (χ1v) is 4.71. The highest BCUT2D eigenvalue weighted by atomic mass is 79.9. The van der Waals surface area contributed by atoms with E-state index >= 15 is 0 Å². The molecule has 1 aromatic rings. The van der Waals surface area contributed by atoms with E-state index in [1.807, 2.05) is 0 Å². The van der Waals surface area contributed by atoms with Crippen LogP contribution in [0.25, 0.3) is 0 Å². The maximum atomic E-state index is 13.1. The second-order valence-corrected chi connectivity index (χ2v) is 3.27. The Kier molecular flexibility index (Phi) is 3.46. The zero-order chi connectivity index (χ0) is 10.7. The highest BCUT2D eigenvalue weighted by molar-refractivity contribution is 9.10. The lowest BCUT2D eigenvalue weighted by Crippen LogP contribution is -2.04. The van der Waals surface area contributed by atoms with E-state index in [1.165, 1.54) is 6.07 Å². The van der Waals surface area contributed by atoms with Gasteiger partial charge >= 0.3 is 5.97 Å². The Balaban J connectivity index is 3.26. The molecule has 0 aliphatic carbocycles. The Morgan fingerprint density at radius 2 is 2.29 bits per heavy atom. The van der Waals surface area contributed by atoms with E-state index in [9.17, 15) is 9.18 Å². The van der Waals surface area contributed by atoms with Crippen molar-refractivity contribution in [3.63, 3.8) is 0 Å². The van der Waals surface area contributed by atoms with Crippen molar-refractivity contribution in [1.29, 1.82) is 0 Å². The Bertz CT molecular complexity index is 365. The van der Waals surface area contributed by atoms with Crippen LogP contribution in [0, 0.1) is 5.82 Å². The molecule has 0 aliphatic heterocycles. The van der Waals surface area contributed by atoms with E-state index in [1.54, 1.807) is 6.92 Å². The fourth-order valence-electron chi connectivity index (χ4n) is 0.996. The number of carbonyl (C=O) groups is 1. The molecular formula is C9H8BrFO3. The Labute approximate surface area is 88.6 Å². The van der Waals surface area contributed by atoms with Gasteiger partial charge in [-0.05, 0) is 35.0 Å². The molecule has 0 atom stereocenters. The van der Waals surface area contributed by atoms with Crippen LogP contribution in [0.5, 0.6) is 5.75 Å². The minimum atomic E-state index is -1.32. The van der Waals surface area contributed by atoms with Gasteiger partial charge in [0.15, 0.2) is 0 Å². The van der Waals surface area contributed by atoms with Crippen LogP contribution >= 0.6 is 15.9 Å². The van der Waals surface area contributed by atoms with Gasteiger partial charge < -0.3 is 9.84 Å². The van der Waals surface area contributed by atoms with Crippen LogP contribution in [0.1, 0.15) is 17.3 Å². The Morgan fingerprint density at radius 1 is 1.64 bits per heavy atom. The molecule has 0 fully saturated rings. The lowest BCUT2D eigenvalue weighted by molar-refractivity contribution is 0.0690. The van der Waals surface area contributed by atoms with E-state index in [0.717, 1.165) is 6.07 Å². The third-order valence-corrected chi connectivity index (χ3v) is 2.36. The lowest BCUT2D eigenvalue weighted by Gasteiger charge is -2.08. The SMILES string of the molecule is CCOc1ccc(F)c(C(=O)O)c1Br. The topological polar surface area (TPSA) is 46.5 Å². The molecule has 0 amide bonds. The molecule has 1 rings (SSSR count). The summed E-state index contributed by atoms with van der Waals surface area (Å²) in [6, 6.07) is 2.45. The highest BCUT2D eigenvalue weighted by Gasteiger charge is 2.18. The molecule has 14 heavy (non-hydrogen) atoms. The van der Waals surface area contributed by atoms with Crippen LogP contribution in [-0.4, -0.2) is 17.7 Å². The van der Waals surface area contributed by atoms with Gasteiger partial charge in [-0.1, -0.05) is 0 Å². The molecule has 0 radical (unpaired) electrons. The summed E-state index contributed by atoms with van der Waals surface area (Å²) < 4.78 is 18.3. The second-order valence-electron chi connectivity index (χ2n) is 2.47. The Morgan fingerprint density at radius 3 is 2.79 bits per heavy atom. The molecular weight excluding hydrogens is 255 g/mol. The van der Waals surface area contributed by atoms with Crippen LogP contribution in [-0.2, 0) is 0 Å². The molecule has 1 aromatic carbocycles. The minimum Gasteiger partial charge on any atom is -0.493 e. The number of ether oxygens (including phenoxy) is 1. The van der Waals surface area contributed by atoms with E-state index in [-0.39, 0.29) is 4.47 Å².